The molecule has 0 aliphatic carbocycles. The Morgan fingerprint density at radius 2 is 2.20 bits per heavy atom. The topological polar surface area (TPSA) is 72.9 Å². The smallest absolute Gasteiger partial charge is 0.282 e. The number of hydrogen-bond acceptors (Lipinski definition) is 4. The fourth-order valence-corrected chi connectivity index (χ4v) is 1.93. The van der Waals surface area contributed by atoms with Crippen LogP contribution < -0.4 is 11.2 Å². The first kappa shape index (κ1) is 9.72. The van der Waals surface area contributed by atoms with Crippen LogP contribution in [0, 0.1) is 6.92 Å². The highest BCUT2D eigenvalue weighted by atomic mass is 32.1. The van der Waals surface area contributed by atoms with Crippen molar-refractivity contribution in [1.29, 1.82) is 0 Å². The summed E-state index contributed by atoms with van der Waals surface area (Å²) in [5.41, 5.74) is 8.85. The van der Waals surface area contributed by atoms with Crippen LogP contribution in [0.5, 0.6) is 0 Å². The van der Waals surface area contributed by atoms with Crippen molar-refractivity contribution in [3.8, 4) is 0 Å². The van der Waals surface area contributed by atoms with Crippen molar-refractivity contribution < 1.29 is 4.79 Å². The molecule has 2 heterocycles. The van der Waals surface area contributed by atoms with Gasteiger partial charge in [0.15, 0.2) is 5.13 Å². The fourth-order valence-electron chi connectivity index (χ4n) is 1.21. The van der Waals surface area contributed by atoms with Gasteiger partial charge in [-0.05, 0) is 19.1 Å². The highest BCUT2D eigenvalue weighted by Crippen LogP contribution is 2.19. The summed E-state index contributed by atoms with van der Waals surface area (Å²) in [6.45, 7) is 1.76. The standard InChI is InChI=1S/C9H10N4OS/c1-6-7(15-9(10)11-6)8(14)12-13-4-2-3-5-13/h2-5H,1H3,(H2,10,11)(H,12,14). The van der Waals surface area contributed by atoms with Crippen LogP contribution >= 0.6 is 11.3 Å². The molecule has 0 aliphatic heterocycles. The number of nitrogens with zero attached hydrogens (tertiary/aromatic N) is 2. The minimum absolute atomic E-state index is 0.196. The Kier molecular flexibility index (Phi) is 2.42. The molecule has 6 heteroatoms. The van der Waals surface area contributed by atoms with E-state index >= 15 is 0 Å². The Hall–Kier alpha value is -1.82. The molecule has 0 aliphatic rings. The van der Waals surface area contributed by atoms with Crippen LogP contribution in [-0.2, 0) is 0 Å². The molecule has 2 aromatic heterocycles. The molecule has 15 heavy (non-hydrogen) atoms. The number of nitrogens with one attached hydrogen (secondary N) is 1. The molecule has 2 rings (SSSR count). The highest BCUT2D eigenvalue weighted by Gasteiger charge is 2.13. The van der Waals surface area contributed by atoms with E-state index in [-0.39, 0.29) is 5.91 Å². The van der Waals surface area contributed by atoms with Crippen LogP contribution in [0.2, 0.25) is 0 Å². The molecule has 0 radical (unpaired) electrons. The van der Waals surface area contributed by atoms with Crippen LogP contribution in [0.15, 0.2) is 24.5 Å². The van der Waals surface area contributed by atoms with Gasteiger partial charge < -0.3 is 5.73 Å². The molecule has 0 unspecified atom stereocenters. The van der Waals surface area contributed by atoms with Crippen molar-refractivity contribution in [2.24, 2.45) is 0 Å². The summed E-state index contributed by atoms with van der Waals surface area (Å²) in [5.74, 6) is -0.196. The molecule has 78 valence electrons. The average Bonchev–Trinajstić information content (AvgIpc) is 2.75. The van der Waals surface area contributed by atoms with E-state index in [1.165, 1.54) is 11.3 Å². The zero-order valence-electron chi connectivity index (χ0n) is 8.10. The van der Waals surface area contributed by atoms with Gasteiger partial charge in [0.25, 0.3) is 5.91 Å². The van der Waals surface area contributed by atoms with Gasteiger partial charge in [-0.3, -0.25) is 14.9 Å². The van der Waals surface area contributed by atoms with Gasteiger partial charge in [0.05, 0.1) is 5.69 Å². The van der Waals surface area contributed by atoms with Gasteiger partial charge in [0.1, 0.15) is 4.88 Å². The Labute approximate surface area is 90.5 Å². The van der Waals surface area contributed by atoms with Gasteiger partial charge in [-0.1, -0.05) is 11.3 Å². The second kappa shape index (κ2) is 3.74. The third-order valence-corrected chi connectivity index (χ3v) is 2.84. The van der Waals surface area contributed by atoms with Gasteiger partial charge in [-0.2, -0.15) is 0 Å². The number of carbonyl (C=O) groups excluding carboxylic acids is 1. The van der Waals surface area contributed by atoms with Gasteiger partial charge in [0, 0.05) is 12.4 Å². The third kappa shape index (κ3) is 1.99. The number of hydrogen-bond donors (Lipinski definition) is 2. The number of rotatable bonds is 2. The monoisotopic (exact) mass is 222 g/mol. The minimum atomic E-state index is -0.196. The summed E-state index contributed by atoms with van der Waals surface area (Å²) in [4.78, 5) is 16.3. The Morgan fingerprint density at radius 3 is 2.73 bits per heavy atom. The normalized spacial score (nSPS) is 10.2. The Balaban J connectivity index is 2.18. The fraction of sp³-hybridized carbons (Fsp3) is 0.111. The zero-order chi connectivity index (χ0) is 10.8. The summed E-state index contributed by atoms with van der Waals surface area (Å²) in [6.07, 6.45) is 3.50. The van der Waals surface area contributed by atoms with Crippen molar-refractivity contribution >= 4 is 22.4 Å². The number of amides is 1. The van der Waals surface area contributed by atoms with Crippen molar-refractivity contribution in [2.75, 3.05) is 11.2 Å². The third-order valence-electron chi connectivity index (χ3n) is 1.85. The molecule has 0 atom stereocenters. The molecule has 0 bridgehead atoms. The van der Waals surface area contributed by atoms with E-state index in [4.69, 9.17) is 5.73 Å². The SMILES string of the molecule is Cc1nc(N)sc1C(=O)Nn1cccc1. The maximum Gasteiger partial charge on any atom is 0.282 e. The lowest BCUT2D eigenvalue weighted by atomic mass is 10.4. The van der Waals surface area contributed by atoms with Crippen LogP contribution in [-0.4, -0.2) is 15.6 Å². The van der Waals surface area contributed by atoms with Crippen LogP contribution in [0.25, 0.3) is 0 Å². The zero-order valence-corrected chi connectivity index (χ0v) is 8.91. The molecular formula is C9H10N4OS. The number of aromatic nitrogens is 2. The van der Waals surface area contributed by atoms with Crippen molar-refractivity contribution in [3.05, 3.63) is 35.1 Å². The number of carbonyl (C=O) groups is 1. The van der Waals surface area contributed by atoms with E-state index in [9.17, 15) is 4.79 Å². The predicted molar refractivity (Wildman–Crippen MR) is 59.4 cm³/mol. The average molecular weight is 222 g/mol. The lowest BCUT2D eigenvalue weighted by Crippen LogP contribution is -2.21. The minimum Gasteiger partial charge on any atom is -0.375 e. The molecule has 0 saturated heterocycles. The van der Waals surface area contributed by atoms with E-state index in [0.29, 0.717) is 15.7 Å². The second-order valence-electron chi connectivity index (χ2n) is 3.00. The van der Waals surface area contributed by atoms with Crippen molar-refractivity contribution in [1.82, 2.24) is 9.66 Å². The first-order valence-corrected chi connectivity index (χ1v) is 5.15. The maximum absolute atomic E-state index is 11.7. The number of nitrogens with two attached hydrogens (primary N) is 1. The lowest BCUT2D eigenvalue weighted by molar-refractivity contribution is 0.101. The quantitative estimate of drug-likeness (QED) is 0.802. The maximum atomic E-state index is 11.7. The van der Waals surface area contributed by atoms with Gasteiger partial charge in [0.2, 0.25) is 0 Å². The summed E-state index contributed by atoms with van der Waals surface area (Å²) in [7, 11) is 0. The molecule has 1 amide bonds. The van der Waals surface area contributed by atoms with Crippen LogP contribution in [0.1, 0.15) is 15.4 Å². The van der Waals surface area contributed by atoms with E-state index in [2.05, 4.69) is 10.4 Å². The van der Waals surface area contributed by atoms with E-state index in [0.717, 1.165) is 0 Å². The highest BCUT2D eigenvalue weighted by molar-refractivity contribution is 7.17. The van der Waals surface area contributed by atoms with Gasteiger partial charge in [-0.15, -0.1) is 0 Å². The predicted octanol–water partition coefficient (Wildman–Crippen LogP) is 1.22. The van der Waals surface area contributed by atoms with E-state index < -0.39 is 0 Å². The molecule has 5 nitrogen and oxygen atoms in total. The second-order valence-corrected chi connectivity index (χ2v) is 4.03. The van der Waals surface area contributed by atoms with Gasteiger partial charge in [-0.25, -0.2) is 4.98 Å². The number of nitrogen functional groups attached to an aromatic ring is 1. The number of anilines is 1. The molecule has 0 fully saturated rings. The lowest BCUT2D eigenvalue weighted by Gasteiger charge is -2.03. The van der Waals surface area contributed by atoms with Gasteiger partial charge >= 0.3 is 0 Å². The van der Waals surface area contributed by atoms with E-state index in [1.807, 2.05) is 12.1 Å². The molecular weight excluding hydrogens is 212 g/mol. The van der Waals surface area contributed by atoms with Crippen LogP contribution in [0.3, 0.4) is 0 Å². The molecule has 0 saturated carbocycles. The molecule has 0 aromatic carbocycles. The largest absolute Gasteiger partial charge is 0.375 e. The molecule has 2 aromatic rings. The first-order valence-electron chi connectivity index (χ1n) is 4.34. The van der Waals surface area contributed by atoms with Crippen LogP contribution in [0.4, 0.5) is 5.13 Å². The summed E-state index contributed by atoms with van der Waals surface area (Å²) >= 11 is 1.19. The molecule has 0 spiro atoms. The Morgan fingerprint density at radius 1 is 1.53 bits per heavy atom. The number of thiazole rings is 1. The molecule has 3 N–H and O–H groups in total. The number of aryl methyl sites for hydroxylation is 1. The summed E-state index contributed by atoms with van der Waals surface area (Å²) in [6, 6.07) is 3.66. The van der Waals surface area contributed by atoms with E-state index in [1.54, 1.807) is 24.0 Å². The van der Waals surface area contributed by atoms with Crippen molar-refractivity contribution in [3.63, 3.8) is 0 Å². The summed E-state index contributed by atoms with van der Waals surface area (Å²) < 4.78 is 1.58. The summed E-state index contributed by atoms with van der Waals surface area (Å²) in [5, 5.41) is 0.408. The first-order chi connectivity index (χ1) is 7.16. The Bertz CT molecular complexity index is 474. The van der Waals surface area contributed by atoms with Crippen molar-refractivity contribution in [2.45, 2.75) is 6.92 Å².